The Labute approximate surface area is 89.2 Å². The van der Waals surface area contributed by atoms with Crippen molar-refractivity contribution in [2.75, 3.05) is 19.5 Å². The van der Waals surface area contributed by atoms with Gasteiger partial charge in [0.1, 0.15) is 0 Å². The molecule has 0 aliphatic rings. The van der Waals surface area contributed by atoms with Gasteiger partial charge in [0.15, 0.2) is 5.78 Å². The zero-order chi connectivity index (χ0) is 11.1. The molecule has 0 saturated heterocycles. The molecule has 0 fully saturated rings. The highest BCUT2D eigenvalue weighted by atomic mass is 35.5. The highest BCUT2D eigenvalue weighted by Gasteiger charge is 2.21. The smallest absolute Gasteiger partial charge is 0.410 e. The zero-order valence-electron chi connectivity index (χ0n) is 8.75. The molecule has 0 aromatic heterocycles. The maximum absolute atomic E-state index is 11.3. The van der Waals surface area contributed by atoms with E-state index in [2.05, 4.69) is 4.74 Å². The van der Waals surface area contributed by atoms with Crippen LogP contribution in [0.4, 0.5) is 4.79 Å². The molecular weight excluding hydrogens is 206 g/mol. The summed E-state index contributed by atoms with van der Waals surface area (Å²) in [7, 11) is 1.29. The van der Waals surface area contributed by atoms with Crippen LogP contribution in [0.3, 0.4) is 0 Å². The monoisotopic (exact) mass is 221 g/mol. The quantitative estimate of drug-likeness (QED) is 0.664. The Hall–Kier alpha value is -0.770. The van der Waals surface area contributed by atoms with Crippen molar-refractivity contribution in [2.24, 2.45) is 0 Å². The summed E-state index contributed by atoms with van der Waals surface area (Å²) in [6.45, 7) is 3.81. The average Bonchev–Trinajstić information content (AvgIpc) is 2.23. The number of amides is 1. The van der Waals surface area contributed by atoms with Crippen LogP contribution in [-0.4, -0.2) is 42.4 Å². The van der Waals surface area contributed by atoms with E-state index < -0.39 is 6.09 Å². The van der Waals surface area contributed by atoms with Gasteiger partial charge in [-0.15, -0.1) is 11.6 Å². The van der Waals surface area contributed by atoms with Gasteiger partial charge in [0.05, 0.1) is 19.5 Å². The minimum absolute atomic E-state index is 0.0189. The van der Waals surface area contributed by atoms with Crippen LogP contribution >= 0.6 is 11.6 Å². The maximum atomic E-state index is 11.3. The maximum Gasteiger partial charge on any atom is 0.410 e. The number of ketones is 1. The molecule has 1 atom stereocenters. The predicted molar refractivity (Wildman–Crippen MR) is 54.6 cm³/mol. The highest BCUT2D eigenvalue weighted by molar-refractivity contribution is 6.28. The van der Waals surface area contributed by atoms with E-state index in [9.17, 15) is 9.59 Å². The average molecular weight is 222 g/mol. The van der Waals surface area contributed by atoms with Crippen molar-refractivity contribution < 1.29 is 14.3 Å². The first-order valence-electron chi connectivity index (χ1n) is 4.49. The molecule has 5 heteroatoms. The van der Waals surface area contributed by atoms with Crippen molar-refractivity contribution in [2.45, 2.75) is 26.3 Å². The lowest BCUT2D eigenvalue weighted by Crippen LogP contribution is -2.42. The van der Waals surface area contributed by atoms with Crippen molar-refractivity contribution in [3.8, 4) is 0 Å². The molecule has 1 unspecified atom stereocenters. The van der Waals surface area contributed by atoms with Crippen LogP contribution in [0.25, 0.3) is 0 Å². The number of hydrogen-bond donors (Lipinski definition) is 0. The molecule has 0 aliphatic heterocycles. The van der Waals surface area contributed by atoms with E-state index >= 15 is 0 Å². The topological polar surface area (TPSA) is 46.6 Å². The lowest BCUT2D eigenvalue weighted by molar-refractivity contribution is -0.118. The van der Waals surface area contributed by atoms with Crippen LogP contribution in [0.5, 0.6) is 0 Å². The summed E-state index contributed by atoms with van der Waals surface area (Å²) in [6.07, 6.45) is 0.280. The summed E-state index contributed by atoms with van der Waals surface area (Å²) in [6, 6.07) is -0.0189. The first-order chi connectivity index (χ1) is 6.56. The van der Waals surface area contributed by atoms with Gasteiger partial charge in [-0.1, -0.05) is 6.92 Å². The zero-order valence-corrected chi connectivity index (χ0v) is 9.50. The van der Waals surface area contributed by atoms with E-state index in [1.54, 1.807) is 0 Å². The van der Waals surface area contributed by atoms with Gasteiger partial charge in [-0.2, -0.15) is 0 Å². The summed E-state index contributed by atoms with van der Waals surface area (Å²) >= 11 is 5.36. The molecule has 14 heavy (non-hydrogen) atoms. The molecule has 0 aliphatic carbocycles. The molecule has 1 amide bonds. The third kappa shape index (κ3) is 3.96. The molecule has 0 spiro atoms. The highest BCUT2D eigenvalue weighted by Crippen LogP contribution is 2.05. The number of methoxy groups -OCH3 is 1. The van der Waals surface area contributed by atoms with Gasteiger partial charge in [-0.25, -0.2) is 4.79 Å². The summed E-state index contributed by atoms with van der Waals surface area (Å²) in [5, 5.41) is 0. The summed E-state index contributed by atoms with van der Waals surface area (Å²) < 4.78 is 4.57. The van der Waals surface area contributed by atoms with Crippen LogP contribution in [0.1, 0.15) is 20.3 Å². The number of nitrogens with zero attached hydrogens (tertiary/aromatic N) is 1. The largest absolute Gasteiger partial charge is 0.453 e. The van der Waals surface area contributed by atoms with Crippen LogP contribution in [0, 0.1) is 0 Å². The standard InChI is InChI=1S/C9H16ClNO3/c1-4-7(2)11(9(13)14-3)6-8(12)5-10/h7H,4-6H2,1-3H3. The molecule has 0 bridgehead atoms. The lowest BCUT2D eigenvalue weighted by atomic mass is 10.2. The molecule has 0 rings (SSSR count). The normalized spacial score (nSPS) is 12.0. The number of halogens is 1. The fourth-order valence-electron chi connectivity index (χ4n) is 0.970. The van der Waals surface area contributed by atoms with Gasteiger partial charge in [0.25, 0.3) is 0 Å². The molecule has 0 aromatic carbocycles. The first-order valence-corrected chi connectivity index (χ1v) is 5.02. The third-order valence-electron chi connectivity index (χ3n) is 2.03. The number of ether oxygens (including phenoxy) is 1. The second-order valence-corrected chi connectivity index (χ2v) is 3.29. The van der Waals surface area contributed by atoms with E-state index in [-0.39, 0.29) is 24.2 Å². The summed E-state index contributed by atoms with van der Waals surface area (Å²) in [5.74, 6) is -0.262. The van der Waals surface area contributed by atoms with Crippen molar-refractivity contribution >= 4 is 23.5 Å². The Morgan fingerprint density at radius 2 is 2.07 bits per heavy atom. The van der Waals surface area contributed by atoms with Crippen molar-refractivity contribution in [3.63, 3.8) is 0 Å². The number of Topliss-reactive ketones (excluding diaryl/α,β-unsaturated/α-hetero) is 1. The number of alkyl halides is 1. The van der Waals surface area contributed by atoms with E-state index in [0.717, 1.165) is 6.42 Å². The Balaban J connectivity index is 4.39. The summed E-state index contributed by atoms with van der Waals surface area (Å²) in [5.41, 5.74) is 0. The first kappa shape index (κ1) is 13.2. The van der Waals surface area contributed by atoms with Crippen LogP contribution < -0.4 is 0 Å². The Bertz CT molecular complexity index is 208. The number of hydrogen-bond acceptors (Lipinski definition) is 3. The molecule has 82 valence electrons. The van der Waals surface area contributed by atoms with Gasteiger partial charge in [-0.3, -0.25) is 9.69 Å². The van der Waals surface area contributed by atoms with Gasteiger partial charge < -0.3 is 4.74 Å². The van der Waals surface area contributed by atoms with E-state index in [1.165, 1.54) is 12.0 Å². The minimum atomic E-state index is -0.488. The second kappa shape index (κ2) is 6.65. The number of rotatable bonds is 5. The van der Waals surface area contributed by atoms with Gasteiger partial charge >= 0.3 is 6.09 Å². The minimum Gasteiger partial charge on any atom is -0.453 e. The van der Waals surface area contributed by atoms with E-state index in [1.807, 2.05) is 13.8 Å². The molecule has 0 radical (unpaired) electrons. The molecule has 0 N–H and O–H groups in total. The second-order valence-electron chi connectivity index (χ2n) is 3.03. The van der Waals surface area contributed by atoms with Crippen molar-refractivity contribution in [1.29, 1.82) is 0 Å². The summed E-state index contributed by atoms with van der Waals surface area (Å²) in [4.78, 5) is 23.7. The fraction of sp³-hybridized carbons (Fsp3) is 0.778. The molecule has 0 saturated carbocycles. The van der Waals surface area contributed by atoms with Crippen molar-refractivity contribution in [3.05, 3.63) is 0 Å². The van der Waals surface area contributed by atoms with Gasteiger partial charge in [0, 0.05) is 6.04 Å². The van der Waals surface area contributed by atoms with Gasteiger partial charge in [0.2, 0.25) is 0 Å². The Morgan fingerprint density at radius 3 is 2.43 bits per heavy atom. The SMILES string of the molecule is CCC(C)N(CC(=O)CCl)C(=O)OC. The predicted octanol–water partition coefficient (Wildman–Crippen LogP) is 1.66. The number of carbonyl (C=O) groups excluding carboxylic acids is 2. The molecule has 0 heterocycles. The van der Waals surface area contributed by atoms with Crippen molar-refractivity contribution in [1.82, 2.24) is 4.90 Å². The third-order valence-corrected chi connectivity index (χ3v) is 2.33. The Morgan fingerprint density at radius 1 is 1.50 bits per heavy atom. The van der Waals surface area contributed by atoms with E-state index in [0.29, 0.717) is 0 Å². The number of carbonyl (C=O) groups is 2. The Kier molecular flexibility index (Phi) is 6.28. The van der Waals surface area contributed by atoms with Crippen LogP contribution in [-0.2, 0) is 9.53 Å². The lowest BCUT2D eigenvalue weighted by Gasteiger charge is -2.25. The van der Waals surface area contributed by atoms with Crippen LogP contribution in [0.15, 0.2) is 0 Å². The van der Waals surface area contributed by atoms with Crippen LogP contribution in [0.2, 0.25) is 0 Å². The molecule has 0 aromatic rings. The molecular formula is C9H16ClNO3. The van der Waals surface area contributed by atoms with E-state index in [4.69, 9.17) is 11.6 Å². The van der Waals surface area contributed by atoms with Gasteiger partial charge in [-0.05, 0) is 13.3 Å². The molecule has 4 nitrogen and oxygen atoms in total. The fourth-order valence-corrected chi connectivity index (χ4v) is 1.05.